The number of hydrazine groups is 1. The highest BCUT2D eigenvalue weighted by atomic mass is 16.3. The van der Waals surface area contributed by atoms with E-state index in [-0.39, 0.29) is 29.1 Å². The number of nitrogens with one attached hydrogen (secondary N) is 2. The normalized spacial score (nSPS) is 23.9. The van der Waals surface area contributed by atoms with E-state index >= 15 is 0 Å². The van der Waals surface area contributed by atoms with E-state index in [1.54, 1.807) is 12.1 Å². The van der Waals surface area contributed by atoms with Crippen LogP contribution in [0.4, 0.5) is 10.5 Å². The standard InChI is InChI=1S/C16H18N4O3/c21-14-11-8-4-5-9-12(11)15(22)13(14)18-20-16(23)19-17-10-6-2-1-3-7-10/h1-3,6-7,11-12,17,21H,4-5,8-9H2,(H,19,23). The summed E-state index contributed by atoms with van der Waals surface area (Å²) in [5.41, 5.74) is 5.65. The molecule has 0 aliphatic heterocycles. The van der Waals surface area contributed by atoms with Crippen molar-refractivity contribution in [3.8, 4) is 0 Å². The van der Waals surface area contributed by atoms with Gasteiger partial charge in [0.25, 0.3) is 0 Å². The van der Waals surface area contributed by atoms with Gasteiger partial charge in [0.2, 0.25) is 0 Å². The largest absolute Gasteiger partial charge is 0.510 e. The van der Waals surface area contributed by atoms with Crippen LogP contribution in [0, 0.1) is 11.8 Å². The van der Waals surface area contributed by atoms with Gasteiger partial charge in [-0.3, -0.25) is 10.2 Å². The van der Waals surface area contributed by atoms with Crippen LogP contribution in [0.5, 0.6) is 0 Å². The molecule has 2 unspecified atom stereocenters. The average molecular weight is 314 g/mol. The second-order valence-corrected chi connectivity index (χ2v) is 5.72. The van der Waals surface area contributed by atoms with Crippen LogP contribution in [-0.4, -0.2) is 16.9 Å². The number of ketones is 1. The summed E-state index contributed by atoms with van der Waals surface area (Å²) in [5.74, 6) is -0.592. The van der Waals surface area contributed by atoms with Gasteiger partial charge in [-0.05, 0) is 25.0 Å². The zero-order chi connectivity index (χ0) is 16.2. The van der Waals surface area contributed by atoms with Gasteiger partial charge in [-0.2, -0.15) is 0 Å². The summed E-state index contributed by atoms with van der Waals surface area (Å²) in [6.07, 6.45) is 3.51. The van der Waals surface area contributed by atoms with E-state index < -0.39 is 6.03 Å². The van der Waals surface area contributed by atoms with E-state index in [9.17, 15) is 14.7 Å². The molecule has 2 atom stereocenters. The summed E-state index contributed by atoms with van der Waals surface area (Å²) in [7, 11) is 0. The summed E-state index contributed by atoms with van der Waals surface area (Å²) in [6, 6.07) is 8.30. The molecule has 2 aliphatic rings. The van der Waals surface area contributed by atoms with Crippen molar-refractivity contribution in [1.29, 1.82) is 0 Å². The number of carbonyl (C=O) groups excluding carboxylic acids is 2. The van der Waals surface area contributed by atoms with Gasteiger partial charge in [0.05, 0.1) is 5.69 Å². The summed E-state index contributed by atoms with van der Waals surface area (Å²) in [4.78, 5) is 23.9. The number of fused-ring (bicyclic) bond motifs is 1. The number of urea groups is 1. The zero-order valence-electron chi connectivity index (χ0n) is 12.5. The van der Waals surface area contributed by atoms with Gasteiger partial charge in [0.1, 0.15) is 5.76 Å². The van der Waals surface area contributed by atoms with Crippen molar-refractivity contribution in [2.75, 3.05) is 5.43 Å². The molecular formula is C16H18N4O3. The molecule has 0 radical (unpaired) electrons. The van der Waals surface area contributed by atoms with Crippen LogP contribution in [0.1, 0.15) is 25.7 Å². The van der Waals surface area contributed by atoms with Crippen LogP contribution < -0.4 is 10.9 Å². The van der Waals surface area contributed by atoms with Crippen molar-refractivity contribution in [3.05, 3.63) is 41.8 Å². The van der Waals surface area contributed by atoms with Crippen LogP contribution in [0.25, 0.3) is 0 Å². The SMILES string of the molecule is O=C(N=NC1=C(O)C2CCCCC2C1=O)NNc1ccccc1. The van der Waals surface area contributed by atoms with E-state index in [2.05, 4.69) is 21.1 Å². The van der Waals surface area contributed by atoms with E-state index in [1.807, 2.05) is 18.2 Å². The monoisotopic (exact) mass is 314 g/mol. The highest BCUT2D eigenvalue weighted by Gasteiger charge is 2.43. The minimum Gasteiger partial charge on any atom is -0.510 e. The molecule has 0 saturated heterocycles. The molecule has 2 aliphatic carbocycles. The lowest BCUT2D eigenvalue weighted by Gasteiger charge is -2.23. The molecule has 0 heterocycles. The first kappa shape index (κ1) is 15.2. The predicted octanol–water partition coefficient (Wildman–Crippen LogP) is 3.33. The number of allylic oxidation sites excluding steroid dienone is 2. The Morgan fingerprint density at radius 3 is 2.52 bits per heavy atom. The Hall–Kier alpha value is -2.70. The lowest BCUT2D eigenvalue weighted by Crippen LogP contribution is -2.26. The first-order valence-corrected chi connectivity index (χ1v) is 7.67. The first-order chi connectivity index (χ1) is 11.2. The number of azo groups is 1. The Bertz CT molecular complexity index is 669. The van der Waals surface area contributed by atoms with Gasteiger partial charge >= 0.3 is 6.03 Å². The summed E-state index contributed by atoms with van der Waals surface area (Å²) in [6.45, 7) is 0. The fraction of sp³-hybridized carbons (Fsp3) is 0.375. The van der Waals surface area contributed by atoms with Gasteiger partial charge in [-0.1, -0.05) is 36.2 Å². The lowest BCUT2D eigenvalue weighted by molar-refractivity contribution is -0.120. The predicted molar refractivity (Wildman–Crippen MR) is 83.6 cm³/mol. The van der Waals surface area contributed by atoms with Crippen molar-refractivity contribution >= 4 is 17.5 Å². The molecule has 0 spiro atoms. The smallest absolute Gasteiger partial charge is 0.378 e. The molecule has 1 aromatic rings. The molecule has 23 heavy (non-hydrogen) atoms. The number of nitrogens with zero attached hydrogens (tertiary/aromatic N) is 2. The number of Topliss-reactive ketones (excluding diaryl/α,β-unsaturated/α-hetero) is 1. The molecule has 7 heteroatoms. The summed E-state index contributed by atoms with van der Waals surface area (Å²) >= 11 is 0. The third kappa shape index (κ3) is 3.23. The number of para-hydroxylation sites is 1. The van der Waals surface area contributed by atoms with E-state index in [0.717, 1.165) is 25.7 Å². The number of rotatable bonds is 3. The fourth-order valence-corrected chi connectivity index (χ4v) is 3.12. The molecule has 1 saturated carbocycles. The van der Waals surface area contributed by atoms with Crippen molar-refractivity contribution in [2.45, 2.75) is 25.7 Å². The zero-order valence-corrected chi connectivity index (χ0v) is 12.5. The topological polar surface area (TPSA) is 103 Å². The Balaban J connectivity index is 1.61. The van der Waals surface area contributed by atoms with E-state index in [0.29, 0.717) is 5.69 Å². The Morgan fingerprint density at radius 1 is 1.13 bits per heavy atom. The minimum absolute atomic E-state index is 0.0210. The van der Waals surface area contributed by atoms with Crippen LogP contribution in [0.15, 0.2) is 52.0 Å². The summed E-state index contributed by atoms with van der Waals surface area (Å²) < 4.78 is 0. The van der Waals surface area contributed by atoms with Gasteiger partial charge in [-0.15, -0.1) is 5.11 Å². The second kappa shape index (κ2) is 6.60. The van der Waals surface area contributed by atoms with Gasteiger partial charge in [0, 0.05) is 11.8 Å². The molecule has 7 nitrogen and oxygen atoms in total. The molecule has 0 aromatic heterocycles. The number of aliphatic hydroxyl groups excluding tert-OH is 1. The van der Waals surface area contributed by atoms with Gasteiger partial charge < -0.3 is 5.11 Å². The number of carbonyl (C=O) groups is 2. The van der Waals surface area contributed by atoms with Gasteiger partial charge in [-0.25, -0.2) is 10.2 Å². The average Bonchev–Trinajstić information content (AvgIpc) is 2.83. The van der Waals surface area contributed by atoms with Crippen molar-refractivity contribution in [1.82, 2.24) is 5.43 Å². The van der Waals surface area contributed by atoms with Crippen molar-refractivity contribution < 1.29 is 14.7 Å². The second-order valence-electron chi connectivity index (χ2n) is 5.72. The number of aliphatic hydroxyl groups is 1. The highest BCUT2D eigenvalue weighted by molar-refractivity contribution is 6.00. The first-order valence-electron chi connectivity index (χ1n) is 7.67. The maximum atomic E-state index is 12.2. The van der Waals surface area contributed by atoms with Crippen LogP contribution in [0.3, 0.4) is 0 Å². The number of amides is 2. The van der Waals surface area contributed by atoms with Crippen LogP contribution in [-0.2, 0) is 4.79 Å². The third-order valence-electron chi connectivity index (χ3n) is 4.26. The van der Waals surface area contributed by atoms with Crippen molar-refractivity contribution in [2.24, 2.45) is 22.1 Å². The molecule has 1 aromatic carbocycles. The Labute approximate surface area is 133 Å². The molecule has 120 valence electrons. The minimum atomic E-state index is -0.739. The molecule has 3 N–H and O–H groups in total. The van der Waals surface area contributed by atoms with Crippen molar-refractivity contribution in [3.63, 3.8) is 0 Å². The number of benzene rings is 1. The maximum Gasteiger partial charge on any atom is 0.378 e. The lowest BCUT2D eigenvalue weighted by atomic mass is 9.80. The Morgan fingerprint density at radius 2 is 1.83 bits per heavy atom. The molecule has 2 amide bonds. The van der Waals surface area contributed by atoms with E-state index in [4.69, 9.17) is 0 Å². The number of anilines is 1. The Kier molecular flexibility index (Phi) is 4.36. The molecule has 3 rings (SSSR count). The van der Waals surface area contributed by atoms with E-state index in [1.165, 1.54) is 0 Å². The van der Waals surface area contributed by atoms with Gasteiger partial charge in [0.15, 0.2) is 11.5 Å². The molecular weight excluding hydrogens is 296 g/mol. The molecule has 1 fully saturated rings. The number of hydrogen-bond acceptors (Lipinski definition) is 5. The van der Waals surface area contributed by atoms with Crippen LogP contribution >= 0.6 is 0 Å². The number of hydrogen-bond donors (Lipinski definition) is 3. The summed E-state index contributed by atoms with van der Waals surface area (Å²) in [5, 5.41) is 17.3. The highest BCUT2D eigenvalue weighted by Crippen LogP contribution is 2.42. The quantitative estimate of drug-likeness (QED) is 0.588. The molecule has 0 bridgehead atoms. The maximum absolute atomic E-state index is 12.2. The third-order valence-corrected chi connectivity index (χ3v) is 4.26. The fourth-order valence-electron chi connectivity index (χ4n) is 3.12. The van der Waals surface area contributed by atoms with Crippen LogP contribution in [0.2, 0.25) is 0 Å².